The van der Waals surface area contributed by atoms with Gasteiger partial charge in [0.05, 0.1) is 12.2 Å². The Labute approximate surface area is 141 Å². The van der Waals surface area contributed by atoms with Crippen LogP contribution in [-0.2, 0) is 11.3 Å². The number of hydrogen-bond donors (Lipinski definition) is 0. The van der Waals surface area contributed by atoms with E-state index >= 15 is 0 Å². The Morgan fingerprint density at radius 3 is 2.65 bits per heavy atom. The maximum Gasteiger partial charge on any atom is 0.272 e. The number of methoxy groups -OCH3 is 1. The van der Waals surface area contributed by atoms with Crippen molar-refractivity contribution in [2.75, 3.05) is 14.2 Å². The van der Waals surface area contributed by atoms with Crippen molar-refractivity contribution < 1.29 is 9.53 Å². The topological polar surface area (TPSA) is 55.3 Å². The van der Waals surface area contributed by atoms with Gasteiger partial charge in [0, 0.05) is 25.7 Å². The minimum absolute atomic E-state index is 0.0278. The van der Waals surface area contributed by atoms with Gasteiger partial charge in [-0.15, -0.1) is 11.3 Å². The molecule has 0 aliphatic carbocycles. The average Bonchev–Trinajstić information content (AvgIpc) is 3.01. The average molecular weight is 333 g/mol. The first-order valence-electron chi connectivity index (χ1n) is 7.60. The van der Waals surface area contributed by atoms with Crippen LogP contribution in [0.1, 0.15) is 59.5 Å². The zero-order valence-corrected chi connectivity index (χ0v) is 15.1. The fourth-order valence-electron chi connectivity index (χ4n) is 2.07. The summed E-state index contributed by atoms with van der Waals surface area (Å²) in [6.45, 7) is 6.62. The third kappa shape index (κ3) is 4.36. The van der Waals surface area contributed by atoms with Gasteiger partial charge < -0.3 is 9.64 Å². The van der Waals surface area contributed by atoms with Crippen LogP contribution in [0.2, 0.25) is 0 Å². The summed E-state index contributed by atoms with van der Waals surface area (Å²) < 4.78 is 5.26. The quantitative estimate of drug-likeness (QED) is 0.810. The van der Waals surface area contributed by atoms with Crippen LogP contribution in [0.5, 0.6) is 0 Å². The van der Waals surface area contributed by atoms with E-state index in [9.17, 15) is 4.79 Å². The van der Waals surface area contributed by atoms with Crippen molar-refractivity contribution in [3.05, 3.63) is 45.7 Å². The van der Waals surface area contributed by atoms with E-state index in [0.29, 0.717) is 18.2 Å². The van der Waals surface area contributed by atoms with Crippen molar-refractivity contribution in [3.63, 3.8) is 0 Å². The van der Waals surface area contributed by atoms with Crippen LogP contribution in [0.15, 0.2) is 23.7 Å². The van der Waals surface area contributed by atoms with E-state index in [-0.39, 0.29) is 12.0 Å². The normalized spacial score (nSPS) is 12.4. The number of pyridine rings is 1. The second-order valence-corrected chi connectivity index (χ2v) is 6.74. The third-order valence-corrected chi connectivity index (χ3v) is 4.74. The molecule has 0 aliphatic heterocycles. The Hall–Kier alpha value is -1.79. The number of aromatic nitrogens is 2. The molecule has 5 nitrogen and oxygen atoms in total. The lowest BCUT2D eigenvalue weighted by molar-refractivity contribution is 0.0777. The molecule has 23 heavy (non-hydrogen) atoms. The van der Waals surface area contributed by atoms with Crippen molar-refractivity contribution in [1.82, 2.24) is 14.9 Å². The molecule has 0 fully saturated rings. The largest absolute Gasteiger partial charge is 0.375 e. The van der Waals surface area contributed by atoms with Gasteiger partial charge in [-0.05, 0) is 24.5 Å². The number of amides is 1. The van der Waals surface area contributed by atoms with Crippen LogP contribution in [0.4, 0.5) is 0 Å². The maximum absolute atomic E-state index is 12.4. The van der Waals surface area contributed by atoms with Gasteiger partial charge in [0.1, 0.15) is 16.8 Å². The second kappa shape index (κ2) is 7.66. The van der Waals surface area contributed by atoms with Gasteiger partial charge in [-0.3, -0.25) is 9.78 Å². The van der Waals surface area contributed by atoms with Gasteiger partial charge in [0.15, 0.2) is 0 Å². The molecule has 0 spiro atoms. The summed E-state index contributed by atoms with van der Waals surface area (Å²) >= 11 is 1.55. The second-order valence-electron chi connectivity index (χ2n) is 5.85. The van der Waals surface area contributed by atoms with Gasteiger partial charge in [-0.2, -0.15) is 0 Å². The van der Waals surface area contributed by atoms with Crippen molar-refractivity contribution in [2.45, 2.75) is 39.3 Å². The zero-order valence-electron chi connectivity index (χ0n) is 14.2. The lowest BCUT2D eigenvalue weighted by Gasteiger charge is -2.16. The number of carbonyl (C=O) groups excluding carboxylic acids is 1. The minimum atomic E-state index is -0.102. The molecule has 2 heterocycles. The van der Waals surface area contributed by atoms with E-state index in [1.54, 1.807) is 42.7 Å². The molecule has 6 heteroatoms. The fraction of sp³-hybridized carbons (Fsp3) is 0.471. The molecule has 0 N–H and O–H groups in total. The van der Waals surface area contributed by atoms with E-state index in [0.717, 1.165) is 16.3 Å². The monoisotopic (exact) mass is 333 g/mol. The number of thiazole rings is 1. The molecule has 2 rings (SSSR count). The number of nitrogens with zero attached hydrogens (tertiary/aromatic N) is 3. The first-order valence-corrected chi connectivity index (χ1v) is 8.48. The van der Waals surface area contributed by atoms with Crippen LogP contribution in [0.3, 0.4) is 0 Å². The number of rotatable bonds is 6. The van der Waals surface area contributed by atoms with Crippen LogP contribution < -0.4 is 0 Å². The van der Waals surface area contributed by atoms with E-state index in [1.807, 2.05) is 18.4 Å². The number of hydrogen-bond acceptors (Lipinski definition) is 5. The summed E-state index contributed by atoms with van der Waals surface area (Å²) in [6, 6.07) is 3.74. The summed E-state index contributed by atoms with van der Waals surface area (Å²) in [6.07, 6.45) is 1.74. The third-order valence-electron chi connectivity index (χ3n) is 3.69. The Balaban J connectivity index is 2.03. The smallest absolute Gasteiger partial charge is 0.272 e. The van der Waals surface area contributed by atoms with E-state index in [2.05, 4.69) is 23.8 Å². The molecule has 0 bridgehead atoms. The molecule has 0 saturated carbocycles. The first-order chi connectivity index (χ1) is 10.9. The minimum Gasteiger partial charge on any atom is -0.375 e. The molecule has 1 amide bonds. The van der Waals surface area contributed by atoms with Crippen molar-refractivity contribution in [1.29, 1.82) is 0 Å². The highest BCUT2D eigenvalue weighted by Gasteiger charge is 2.16. The van der Waals surface area contributed by atoms with Crippen LogP contribution in [0.25, 0.3) is 0 Å². The lowest BCUT2D eigenvalue weighted by atomic mass is 10.1. The van der Waals surface area contributed by atoms with Crippen LogP contribution >= 0.6 is 11.3 Å². The summed E-state index contributed by atoms with van der Waals surface area (Å²) in [5.41, 5.74) is 2.45. The van der Waals surface area contributed by atoms with E-state index < -0.39 is 0 Å². The van der Waals surface area contributed by atoms with Crippen molar-refractivity contribution in [3.8, 4) is 0 Å². The Kier molecular flexibility index (Phi) is 5.85. The molecule has 2 aromatic rings. The lowest BCUT2D eigenvalue weighted by Crippen LogP contribution is -2.27. The molecular weight excluding hydrogens is 310 g/mol. The summed E-state index contributed by atoms with van der Waals surface area (Å²) in [5, 5.41) is 2.88. The molecule has 0 radical (unpaired) electrons. The highest BCUT2D eigenvalue weighted by Crippen LogP contribution is 2.21. The highest BCUT2D eigenvalue weighted by molar-refractivity contribution is 7.09. The molecule has 0 aliphatic rings. The van der Waals surface area contributed by atoms with E-state index in [4.69, 9.17) is 4.74 Å². The summed E-state index contributed by atoms with van der Waals surface area (Å²) in [7, 11) is 3.42. The van der Waals surface area contributed by atoms with Crippen LogP contribution in [-0.4, -0.2) is 34.9 Å². The molecule has 0 saturated heterocycles. The molecule has 124 valence electrons. The standard InChI is InChI=1S/C17H23N3O2S/c1-11(2)13-6-7-15(18-8-13)17(21)20(4)9-14-10-23-16(19-14)12(3)22-5/h6-8,10-12H,9H2,1-5H3. The number of carbonyl (C=O) groups is 1. The van der Waals surface area contributed by atoms with Crippen molar-refractivity contribution >= 4 is 17.2 Å². The predicted octanol–water partition coefficient (Wildman–Crippen LogP) is 3.64. The van der Waals surface area contributed by atoms with Crippen molar-refractivity contribution in [2.24, 2.45) is 0 Å². The molecular formula is C17H23N3O2S. The zero-order chi connectivity index (χ0) is 17.0. The Morgan fingerprint density at radius 2 is 2.09 bits per heavy atom. The summed E-state index contributed by atoms with van der Waals surface area (Å²) in [5.74, 6) is 0.301. The van der Waals surface area contributed by atoms with Gasteiger partial charge in [-0.1, -0.05) is 19.9 Å². The van der Waals surface area contributed by atoms with Gasteiger partial charge >= 0.3 is 0 Å². The fourth-order valence-corrected chi connectivity index (χ4v) is 2.91. The molecule has 1 unspecified atom stereocenters. The number of ether oxygens (including phenoxy) is 1. The molecule has 1 atom stereocenters. The Morgan fingerprint density at radius 1 is 1.35 bits per heavy atom. The van der Waals surface area contributed by atoms with Crippen LogP contribution in [0, 0.1) is 0 Å². The predicted molar refractivity (Wildman–Crippen MR) is 91.7 cm³/mol. The molecule has 0 aromatic carbocycles. The molecule has 2 aromatic heterocycles. The summed E-state index contributed by atoms with van der Waals surface area (Å²) in [4.78, 5) is 22.9. The van der Waals surface area contributed by atoms with Gasteiger partial charge in [0.2, 0.25) is 0 Å². The van der Waals surface area contributed by atoms with E-state index in [1.165, 1.54) is 0 Å². The van der Waals surface area contributed by atoms with Gasteiger partial charge in [-0.25, -0.2) is 4.98 Å². The van der Waals surface area contributed by atoms with Gasteiger partial charge in [0.25, 0.3) is 5.91 Å². The maximum atomic E-state index is 12.4. The SMILES string of the molecule is COC(C)c1nc(CN(C)C(=O)c2ccc(C(C)C)cn2)cs1. The highest BCUT2D eigenvalue weighted by atomic mass is 32.1. The Bertz CT molecular complexity index is 652. The first kappa shape index (κ1) is 17.6.